The molecule has 0 N–H and O–H groups in total. The lowest BCUT2D eigenvalue weighted by atomic mass is 9.74. The highest BCUT2D eigenvalue weighted by molar-refractivity contribution is 7.18. The van der Waals surface area contributed by atoms with Gasteiger partial charge in [0.05, 0.1) is 36.9 Å². The lowest BCUT2D eigenvalue weighted by Gasteiger charge is -2.36. The monoisotopic (exact) mass is 645 g/mol. The zero-order valence-corrected chi connectivity index (χ0v) is 26.9. The molecule has 0 radical (unpaired) electrons. The predicted octanol–water partition coefficient (Wildman–Crippen LogP) is 6.06. The first-order valence-electron chi connectivity index (χ1n) is 14.4. The first-order chi connectivity index (χ1) is 21.9. The fraction of sp³-hybridized carbons (Fsp3) is 0.312. The van der Waals surface area contributed by atoms with Gasteiger partial charge in [0.15, 0.2) is 5.76 Å². The lowest BCUT2D eigenvalue weighted by molar-refractivity contribution is 0.0629. The van der Waals surface area contributed by atoms with Crippen LogP contribution in [0.3, 0.4) is 0 Å². The average Bonchev–Trinajstić information content (AvgIpc) is 3.86. The van der Waals surface area contributed by atoms with Gasteiger partial charge in [-0.2, -0.15) is 0 Å². The first kappa shape index (κ1) is 29.3. The van der Waals surface area contributed by atoms with Gasteiger partial charge in [0.25, 0.3) is 11.1 Å². The molecule has 45 heavy (non-hydrogen) atoms. The molecule has 1 amide bonds. The number of aromatic nitrogens is 4. The van der Waals surface area contributed by atoms with Gasteiger partial charge in [0.2, 0.25) is 4.96 Å². The van der Waals surface area contributed by atoms with Crippen molar-refractivity contribution in [2.75, 3.05) is 41.5 Å². The van der Waals surface area contributed by atoms with E-state index in [1.54, 1.807) is 55.3 Å². The molecule has 7 rings (SSSR count). The zero-order chi connectivity index (χ0) is 31.1. The molecule has 4 aromatic heterocycles. The Bertz CT molecular complexity index is 1950. The number of benzene rings is 2. The summed E-state index contributed by atoms with van der Waals surface area (Å²) in [5, 5.41) is 8.76. The minimum atomic E-state index is -0.291. The standard InChI is InChI=1S/C32H31N5O6S2/c1-36(2)28(38)19-5-7-20(8-6-19)32(9-11-41-12-10-32)29-33-21(18-44-29)17-42-25-13-22(39-3)14-26-23(25)15-27(43-26)24-16-37-30(34-24)45-31(35-37)40-4/h5-8,13-16,18H,9-12,17H2,1-4H3. The van der Waals surface area contributed by atoms with Crippen molar-refractivity contribution < 1.29 is 28.2 Å². The van der Waals surface area contributed by atoms with Gasteiger partial charge in [-0.25, -0.2) is 14.5 Å². The number of carbonyl (C=O) groups is 1. The summed E-state index contributed by atoms with van der Waals surface area (Å²) in [4.78, 5) is 24.5. The van der Waals surface area contributed by atoms with Crippen molar-refractivity contribution in [2.24, 2.45) is 0 Å². The number of carbonyl (C=O) groups excluding carboxylic acids is 1. The van der Waals surface area contributed by atoms with E-state index in [1.807, 2.05) is 35.7 Å². The number of hydrogen-bond acceptors (Lipinski definition) is 11. The maximum absolute atomic E-state index is 12.5. The molecule has 0 aliphatic carbocycles. The molecule has 1 fully saturated rings. The van der Waals surface area contributed by atoms with Gasteiger partial charge in [0, 0.05) is 50.4 Å². The molecule has 2 aromatic carbocycles. The molecular formula is C32H31N5O6S2. The van der Waals surface area contributed by atoms with E-state index >= 15 is 0 Å². The molecular weight excluding hydrogens is 615 g/mol. The van der Waals surface area contributed by atoms with Gasteiger partial charge < -0.3 is 28.3 Å². The maximum atomic E-state index is 12.5. The molecule has 1 aliphatic heterocycles. The number of nitrogens with zero attached hydrogens (tertiary/aromatic N) is 5. The molecule has 0 saturated carbocycles. The third-order valence-electron chi connectivity index (χ3n) is 8.03. The number of thiazole rings is 1. The summed E-state index contributed by atoms with van der Waals surface area (Å²) >= 11 is 2.98. The van der Waals surface area contributed by atoms with E-state index in [0.29, 0.717) is 57.5 Å². The highest BCUT2D eigenvalue weighted by atomic mass is 32.1. The molecule has 5 heterocycles. The van der Waals surface area contributed by atoms with Gasteiger partial charge in [-0.15, -0.1) is 16.4 Å². The number of amides is 1. The molecule has 232 valence electrons. The number of rotatable bonds is 9. The Hall–Kier alpha value is -4.46. The van der Waals surface area contributed by atoms with Gasteiger partial charge in [-0.3, -0.25) is 4.79 Å². The Balaban J connectivity index is 1.15. The van der Waals surface area contributed by atoms with Crippen LogP contribution in [0.1, 0.15) is 39.5 Å². The van der Waals surface area contributed by atoms with Gasteiger partial charge in [0.1, 0.15) is 34.4 Å². The topological polar surface area (TPSA) is 113 Å². The fourth-order valence-corrected chi connectivity index (χ4v) is 7.40. The first-order valence-corrected chi connectivity index (χ1v) is 16.1. The number of furan rings is 1. The lowest BCUT2D eigenvalue weighted by Crippen LogP contribution is -2.35. The van der Waals surface area contributed by atoms with Crippen LogP contribution in [0.4, 0.5) is 0 Å². The number of fused-ring (bicyclic) bond motifs is 2. The van der Waals surface area contributed by atoms with Crippen LogP contribution in [0.25, 0.3) is 27.4 Å². The van der Waals surface area contributed by atoms with E-state index in [4.69, 9.17) is 28.3 Å². The van der Waals surface area contributed by atoms with E-state index in [9.17, 15) is 4.79 Å². The molecule has 11 nitrogen and oxygen atoms in total. The van der Waals surface area contributed by atoms with E-state index in [1.165, 1.54) is 11.3 Å². The molecule has 6 aromatic rings. The summed E-state index contributed by atoms with van der Waals surface area (Å²) in [7, 11) is 6.71. The fourth-order valence-electron chi connectivity index (χ4n) is 5.61. The van der Waals surface area contributed by atoms with Crippen LogP contribution in [0, 0.1) is 0 Å². The van der Waals surface area contributed by atoms with Crippen molar-refractivity contribution in [1.29, 1.82) is 0 Å². The molecule has 1 saturated heterocycles. The molecule has 0 unspecified atom stereocenters. The number of ether oxygens (including phenoxy) is 4. The van der Waals surface area contributed by atoms with E-state index < -0.39 is 0 Å². The summed E-state index contributed by atoms with van der Waals surface area (Å²) in [5.74, 6) is 1.81. The SMILES string of the molecule is COc1cc(OCc2csc(C3(c4ccc(C(=O)N(C)C)cc4)CCOCC3)n2)c2cc(-c3cn4nc(OC)sc4n3)oc2c1. The van der Waals surface area contributed by atoms with Crippen LogP contribution < -0.4 is 14.2 Å². The van der Waals surface area contributed by atoms with Gasteiger partial charge in [-0.05, 0) is 47.9 Å². The zero-order valence-electron chi connectivity index (χ0n) is 25.2. The number of imidazole rings is 1. The second kappa shape index (κ2) is 11.8. The van der Waals surface area contributed by atoms with Crippen LogP contribution in [-0.2, 0) is 16.8 Å². The Morgan fingerprint density at radius 3 is 2.58 bits per heavy atom. The Morgan fingerprint density at radius 1 is 1.07 bits per heavy atom. The van der Waals surface area contributed by atoms with Crippen molar-refractivity contribution in [2.45, 2.75) is 24.9 Å². The second-order valence-corrected chi connectivity index (χ2v) is 12.8. The highest BCUT2D eigenvalue weighted by Crippen LogP contribution is 2.43. The van der Waals surface area contributed by atoms with E-state index in [2.05, 4.69) is 22.2 Å². The van der Waals surface area contributed by atoms with E-state index in [0.717, 1.165) is 34.5 Å². The number of methoxy groups -OCH3 is 2. The third-order valence-corrected chi connectivity index (χ3v) is 10.0. The Morgan fingerprint density at radius 2 is 1.87 bits per heavy atom. The molecule has 0 bridgehead atoms. The van der Waals surface area contributed by atoms with Crippen LogP contribution in [0.2, 0.25) is 0 Å². The minimum Gasteiger partial charge on any atom is -0.496 e. The van der Waals surface area contributed by atoms with Crippen molar-refractivity contribution in [1.82, 2.24) is 24.5 Å². The van der Waals surface area contributed by atoms with Crippen LogP contribution in [0.5, 0.6) is 16.7 Å². The Labute approximate surface area is 266 Å². The van der Waals surface area contributed by atoms with Gasteiger partial charge in [-0.1, -0.05) is 12.1 Å². The minimum absolute atomic E-state index is 0.0185. The largest absolute Gasteiger partial charge is 0.496 e. The summed E-state index contributed by atoms with van der Waals surface area (Å²) < 4.78 is 30.7. The predicted molar refractivity (Wildman–Crippen MR) is 171 cm³/mol. The summed E-state index contributed by atoms with van der Waals surface area (Å²) in [5.41, 5.74) is 3.61. The summed E-state index contributed by atoms with van der Waals surface area (Å²) in [6.45, 7) is 1.56. The van der Waals surface area contributed by atoms with Crippen LogP contribution in [0.15, 0.2) is 58.5 Å². The Kier molecular flexibility index (Phi) is 7.68. The third kappa shape index (κ3) is 5.40. The van der Waals surface area contributed by atoms with Crippen molar-refractivity contribution in [3.8, 4) is 28.1 Å². The maximum Gasteiger partial charge on any atom is 0.294 e. The summed E-state index contributed by atoms with van der Waals surface area (Å²) in [6, 6.07) is 13.5. The quantitative estimate of drug-likeness (QED) is 0.185. The molecule has 0 spiro atoms. The highest BCUT2D eigenvalue weighted by Gasteiger charge is 2.39. The molecule has 1 aliphatic rings. The summed E-state index contributed by atoms with van der Waals surface area (Å²) in [6.07, 6.45) is 3.43. The van der Waals surface area contributed by atoms with Crippen LogP contribution >= 0.6 is 22.7 Å². The van der Waals surface area contributed by atoms with Crippen molar-refractivity contribution in [3.05, 3.63) is 75.9 Å². The number of hydrogen-bond donors (Lipinski definition) is 0. The van der Waals surface area contributed by atoms with Crippen LogP contribution in [-0.4, -0.2) is 71.9 Å². The second-order valence-electron chi connectivity index (χ2n) is 11.0. The van der Waals surface area contributed by atoms with Gasteiger partial charge >= 0.3 is 0 Å². The normalized spacial score (nSPS) is 14.6. The van der Waals surface area contributed by atoms with E-state index in [-0.39, 0.29) is 17.9 Å². The van der Waals surface area contributed by atoms with Crippen molar-refractivity contribution in [3.63, 3.8) is 0 Å². The average molecular weight is 646 g/mol. The molecule has 0 atom stereocenters. The smallest absolute Gasteiger partial charge is 0.294 e. The molecule has 13 heteroatoms. The van der Waals surface area contributed by atoms with Crippen molar-refractivity contribution >= 4 is 44.5 Å².